The van der Waals surface area contributed by atoms with Crippen molar-refractivity contribution in [1.29, 1.82) is 0 Å². The van der Waals surface area contributed by atoms with E-state index >= 15 is 0 Å². The molecule has 2 aromatic rings. The number of hydrogen-bond donors (Lipinski definition) is 1. The molecule has 0 saturated heterocycles. The van der Waals surface area contributed by atoms with Gasteiger partial charge in [-0.05, 0) is 37.1 Å². The zero-order valence-corrected chi connectivity index (χ0v) is 14.0. The topological polar surface area (TPSA) is 46.2 Å². The van der Waals surface area contributed by atoms with Gasteiger partial charge in [-0.2, -0.15) is 0 Å². The summed E-state index contributed by atoms with van der Waals surface area (Å²) in [5.74, 6) is -2.99. The summed E-state index contributed by atoms with van der Waals surface area (Å²) >= 11 is 0. The van der Waals surface area contributed by atoms with E-state index in [1.807, 2.05) is 32.0 Å². The highest BCUT2D eigenvalue weighted by Gasteiger charge is 2.24. The number of alkyl halides is 2. The van der Waals surface area contributed by atoms with E-state index < -0.39 is 15.9 Å². The van der Waals surface area contributed by atoms with Gasteiger partial charge in [0.15, 0.2) is 0 Å². The van der Waals surface area contributed by atoms with Crippen LogP contribution >= 0.6 is 0 Å². The number of sulfonamides is 1. The van der Waals surface area contributed by atoms with Gasteiger partial charge in [0, 0.05) is 19.0 Å². The van der Waals surface area contributed by atoms with Crippen LogP contribution in [-0.4, -0.2) is 8.42 Å². The highest BCUT2D eigenvalue weighted by atomic mass is 32.2. The van der Waals surface area contributed by atoms with Crippen LogP contribution in [0.4, 0.5) is 8.78 Å². The summed E-state index contributed by atoms with van der Waals surface area (Å²) in [7, 11) is -3.74. The molecule has 6 heteroatoms. The van der Waals surface area contributed by atoms with Gasteiger partial charge in [-0.25, -0.2) is 21.9 Å². The molecule has 0 bridgehead atoms. The van der Waals surface area contributed by atoms with E-state index in [1.54, 1.807) is 0 Å². The quantitative estimate of drug-likeness (QED) is 0.898. The third kappa shape index (κ3) is 4.36. The Bertz CT molecular complexity index is 794. The molecule has 0 spiro atoms. The van der Waals surface area contributed by atoms with E-state index in [0.717, 1.165) is 35.7 Å². The van der Waals surface area contributed by atoms with Gasteiger partial charge in [0.1, 0.15) is 0 Å². The van der Waals surface area contributed by atoms with Crippen molar-refractivity contribution < 1.29 is 17.2 Å². The molecule has 1 N–H and O–H groups in total. The van der Waals surface area contributed by atoms with Crippen molar-refractivity contribution in [2.24, 2.45) is 0 Å². The smallest absolute Gasteiger partial charge is 0.207 e. The summed E-state index contributed by atoms with van der Waals surface area (Å²) in [6.45, 7) is 4.80. The summed E-state index contributed by atoms with van der Waals surface area (Å²) in [6.07, 6.45) is 0. The molecule has 2 rings (SSSR count). The molecule has 2 aromatic carbocycles. The van der Waals surface area contributed by atoms with E-state index in [1.165, 1.54) is 12.1 Å². The molecule has 0 aliphatic rings. The second kappa shape index (κ2) is 6.37. The molecule has 0 atom stereocenters. The number of hydrogen-bond acceptors (Lipinski definition) is 2. The molecule has 0 amide bonds. The van der Waals surface area contributed by atoms with Crippen LogP contribution in [0.1, 0.15) is 29.2 Å². The first-order valence-corrected chi connectivity index (χ1v) is 8.62. The average molecular weight is 339 g/mol. The predicted molar refractivity (Wildman–Crippen MR) is 86.0 cm³/mol. The van der Waals surface area contributed by atoms with Crippen molar-refractivity contribution in [2.75, 3.05) is 0 Å². The summed E-state index contributed by atoms with van der Waals surface area (Å²) in [5.41, 5.74) is 2.75. The van der Waals surface area contributed by atoms with Gasteiger partial charge in [-0.3, -0.25) is 0 Å². The molecule has 0 fully saturated rings. The Hall–Kier alpha value is -1.79. The summed E-state index contributed by atoms with van der Waals surface area (Å²) in [4.78, 5) is -0.0322. The van der Waals surface area contributed by atoms with Crippen LogP contribution in [0, 0.1) is 13.8 Å². The van der Waals surface area contributed by atoms with Crippen molar-refractivity contribution >= 4 is 10.0 Å². The molecular weight excluding hydrogens is 320 g/mol. The lowest BCUT2D eigenvalue weighted by atomic mass is 10.1. The summed E-state index contributed by atoms with van der Waals surface area (Å²) in [6, 6.07) is 10.4. The first-order valence-electron chi connectivity index (χ1n) is 7.14. The molecule has 23 heavy (non-hydrogen) atoms. The molecule has 0 aliphatic carbocycles. The fraction of sp³-hybridized carbons (Fsp3) is 0.294. The molecule has 0 aromatic heterocycles. The van der Waals surface area contributed by atoms with Gasteiger partial charge in [-0.1, -0.05) is 35.9 Å². The van der Waals surface area contributed by atoms with Crippen molar-refractivity contribution in [3.05, 3.63) is 64.7 Å². The first kappa shape index (κ1) is 17.6. The van der Waals surface area contributed by atoms with Crippen LogP contribution in [0.2, 0.25) is 0 Å². The third-order valence-electron chi connectivity index (χ3n) is 3.62. The number of rotatable bonds is 5. The van der Waals surface area contributed by atoms with Gasteiger partial charge in [0.25, 0.3) is 5.92 Å². The lowest BCUT2D eigenvalue weighted by Crippen LogP contribution is -2.23. The lowest BCUT2D eigenvalue weighted by molar-refractivity contribution is 0.0174. The average Bonchev–Trinajstić information content (AvgIpc) is 2.45. The van der Waals surface area contributed by atoms with Crippen molar-refractivity contribution in [1.82, 2.24) is 4.72 Å². The Morgan fingerprint density at radius 2 is 1.65 bits per heavy atom. The minimum absolute atomic E-state index is 0.0322. The number of halogens is 2. The SMILES string of the molecule is Cc1ccc(CNS(=O)(=O)c2ccc(C(C)(F)F)cc2)c(C)c1. The molecule has 0 heterocycles. The highest BCUT2D eigenvalue weighted by molar-refractivity contribution is 7.89. The van der Waals surface area contributed by atoms with Gasteiger partial charge in [0.2, 0.25) is 10.0 Å². The van der Waals surface area contributed by atoms with Crippen LogP contribution in [0.25, 0.3) is 0 Å². The van der Waals surface area contributed by atoms with Crippen LogP contribution in [0.5, 0.6) is 0 Å². The van der Waals surface area contributed by atoms with Crippen molar-refractivity contribution in [3.8, 4) is 0 Å². The minimum Gasteiger partial charge on any atom is -0.207 e. The van der Waals surface area contributed by atoms with E-state index in [0.29, 0.717) is 0 Å². The third-order valence-corrected chi connectivity index (χ3v) is 5.04. The van der Waals surface area contributed by atoms with Crippen LogP contribution in [0.3, 0.4) is 0 Å². The molecule has 0 radical (unpaired) electrons. The Morgan fingerprint density at radius 1 is 1.04 bits per heavy atom. The summed E-state index contributed by atoms with van der Waals surface area (Å²) in [5, 5.41) is 0. The fourth-order valence-electron chi connectivity index (χ4n) is 2.23. The number of aryl methyl sites for hydroxylation is 2. The zero-order chi connectivity index (χ0) is 17.3. The first-order chi connectivity index (χ1) is 10.6. The van der Waals surface area contributed by atoms with Gasteiger partial charge in [-0.15, -0.1) is 0 Å². The van der Waals surface area contributed by atoms with Crippen LogP contribution in [0.15, 0.2) is 47.4 Å². The Kier molecular flexibility index (Phi) is 4.87. The normalized spacial score (nSPS) is 12.4. The maximum atomic E-state index is 13.2. The minimum atomic E-state index is -3.74. The van der Waals surface area contributed by atoms with E-state index in [9.17, 15) is 17.2 Å². The van der Waals surface area contributed by atoms with Gasteiger partial charge >= 0.3 is 0 Å². The maximum absolute atomic E-state index is 13.2. The van der Waals surface area contributed by atoms with E-state index in [4.69, 9.17) is 0 Å². The second-order valence-corrected chi connectivity index (χ2v) is 7.43. The zero-order valence-electron chi connectivity index (χ0n) is 13.2. The molecule has 0 aliphatic heterocycles. The predicted octanol–water partition coefficient (Wildman–Crippen LogP) is 3.89. The number of nitrogens with one attached hydrogen (secondary N) is 1. The van der Waals surface area contributed by atoms with Gasteiger partial charge < -0.3 is 0 Å². The van der Waals surface area contributed by atoms with Crippen LogP contribution in [-0.2, 0) is 22.5 Å². The van der Waals surface area contributed by atoms with Crippen molar-refractivity contribution in [3.63, 3.8) is 0 Å². The summed E-state index contributed by atoms with van der Waals surface area (Å²) < 4.78 is 53.3. The standard InChI is InChI=1S/C17H19F2NO2S/c1-12-4-5-14(13(2)10-12)11-20-23(21,22)16-8-6-15(7-9-16)17(3,18)19/h4-10,20H,11H2,1-3H3. The van der Waals surface area contributed by atoms with Crippen molar-refractivity contribution in [2.45, 2.75) is 38.1 Å². The van der Waals surface area contributed by atoms with E-state index in [2.05, 4.69) is 4.72 Å². The molecule has 0 saturated carbocycles. The molecule has 0 unspecified atom stereocenters. The Morgan fingerprint density at radius 3 is 2.17 bits per heavy atom. The second-order valence-electron chi connectivity index (χ2n) is 5.67. The highest BCUT2D eigenvalue weighted by Crippen LogP contribution is 2.27. The Labute approximate surface area is 135 Å². The number of benzene rings is 2. The largest absolute Gasteiger partial charge is 0.270 e. The fourth-order valence-corrected chi connectivity index (χ4v) is 3.23. The molecule has 3 nitrogen and oxygen atoms in total. The van der Waals surface area contributed by atoms with E-state index in [-0.39, 0.29) is 17.0 Å². The van der Waals surface area contributed by atoms with Crippen LogP contribution < -0.4 is 4.72 Å². The van der Waals surface area contributed by atoms with Gasteiger partial charge in [0.05, 0.1) is 4.90 Å². The maximum Gasteiger partial charge on any atom is 0.270 e. The monoisotopic (exact) mass is 339 g/mol. The Balaban J connectivity index is 2.15. The molecule has 124 valence electrons. The molecular formula is C17H19F2NO2S. The lowest BCUT2D eigenvalue weighted by Gasteiger charge is -2.12.